The number of likely N-dealkylation sites (tertiary alicyclic amines) is 1. The summed E-state index contributed by atoms with van der Waals surface area (Å²) >= 11 is 0. The van der Waals surface area contributed by atoms with Crippen molar-refractivity contribution < 1.29 is 4.42 Å². The van der Waals surface area contributed by atoms with E-state index in [2.05, 4.69) is 47.5 Å². The summed E-state index contributed by atoms with van der Waals surface area (Å²) in [6.45, 7) is 2.99. The van der Waals surface area contributed by atoms with Gasteiger partial charge in [-0.3, -0.25) is 4.90 Å². The van der Waals surface area contributed by atoms with Crippen molar-refractivity contribution in [2.75, 3.05) is 13.1 Å². The number of hydrogen-bond donors (Lipinski definition) is 0. The SMILES string of the molecule is c1ccc(-c2ccc3nc(C4CCN(Cc5ccco5)CC4)nn3c2)cc1. The van der Waals surface area contributed by atoms with E-state index in [1.165, 1.54) is 5.56 Å². The number of aromatic nitrogens is 3. The lowest BCUT2D eigenvalue weighted by molar-refractivity contribution is 0.188. The van der Waals surface area contributed by atoms with Crippen LogP contribution in [-0.2, 0) is 6.54 Å². The van der Waals surface area contributed by atoms with Crippen LogP contribution in [0.15, 0.2) is 71.5 Å². The van der Waals surface area contributed by atoms with Crippen LogP contribution in [-0.4, -0.2) is 32.6 Å². The minimum absolute atomic E-state index is 0.429. The van der Waals surface area contributed by atoms with E-state index in [9.17, 15) is 0 Å². The number of pyridine rings is 1. The van der Waals surface area contributed by atoms with Gasteiger partial charge in [-0.25, -0.2) is 9.50 Å². The van der Waals surface area contributed by atoms with Gasteiger partial charge < -0.3 is 4.42 Å². The summed E-state index contributed by atoms with van der Waals surface area (Å²) in [5, 5.41) is 4.79. The lowest BCUT2D eigenvalue weighted by Gasteiger charge is -2.29. The number of nitrogens with zero attached hydrogens (tertiary/aromatic N) is 4. The molecule has 5 nitrogen and oxygen atoms in total. The molecule has 5 heteroatoms. The van der Waals surface area contributed by atoms with Gasteiger partial charge in [0.05, 0.1) is 12.8 Å². The van der Waals surface area contributed by atoms with Crippen molar-refractivity contribution in [3.63, 3.8) is 0 Å². The van der Waals surface area contributed by atoms with E-state index in [0.29, 0.717) is 5.92 Å². The number of fused-ring (bicyclic) bond motifs is 1. The molecule has 3 aromatic heterocycles. The number of piperidine rings is 1. The highest BCUT2D eigenvalue weighted by Gasteiger charge is 2.24. The van der Waals surface area contributed by atoms with E-state index in [4.69, 9.17) is 14.5 Å². The third-order valence-electron chi connectivity index (χ3n) is 5.37. The largest absolute Gasteiger partial charge is 0.468 e. The van der Waals surface area contributed by atoms with E-state index in [1.807, 2.05) is 22.7 Å². The summed E-state index contributed by atoms with van der Waals surface area (Å²) in [6.07, 6.45) is 5.99. The van der Waals surface area contributed by atoms with Crippen molar-refractivity contribution in [2.24, 2.45) is 0 Å². The molecule has 0 aliphatic carbocycles. The number of hydrogen-bond acceptors (Lipinski definition) is 4. The molecule has 27 heavy (non-hydrogen) atoms. The van der Waals surface area contributed by atoms with Crippen LogP contribution in [0, 0.1) is 0 Å². The van der Waals surface area contributed by atoms with Crippen LogP contribution in [0.1, 0.15) is 30.3 Å². The molecule has 4 heterocycles. The van der Waals surface area contributed by atoms with Gasteiger partial charge >= 0.3 is 0 Å². The summed E-state index contributed by atoms with van der Waals surface area (Å²) < 4.78 is 7.39. The summed E-state index contributed by atoms with van der Waals surface area (Å²) in [5.41, 5.74) is 3.28. The Kier molecular flexibility index (Phi) is 4.22. The molecule has 1 aliphatic rings. The number of rotatable bonds is 4. The van der Waals surface area contributed by atoms with Crippen LogP contribution in [0.2, 0.25) is 0 Å². The molecule has 0 spiro atoms. The van der Waals surface area contributed by atoms with Crippen molar-refractivity contribution in [3.8, 4) is 11.1 Å². The molecule has 4 aromatic rings. The second-order valence-corrected chi connectivity index (χ2v) is 7.19. The maximum Gasteiger partial charge on any atom is 0.155 e. The van der Waals surface area contributed by atoms with E-state index in [0.717, 1.165) is 55.3 Å². The van der Waals surface area contributed by atoms with Gasteiger partial charge in [0.1, 0.15) is 5.76 Å². The minimum atomic E-state index is 0.429. The summed E-state index contributed by atoms with van der Waals surface area (Å²) in [7, 11) is 0. The van der Waals surface area contributed by atoms with Crippen molar-refractivity contribution >= 4 is 5.65 Å². The molecule has 0 bridgehead atoms. The average molecular weight is 358 g/mol. The number of furan rings is 1. The monoisotopic (exact) mass is 358 g/mol. The molecule has 1 aliphatic heterocycles. The first kappa shape index (κ1) is 16.3. The highest BCUT2D eigenvalue weighted by atomic mass is 16.3. The van der Waals surface area contributed by atoms with Crippen LogP contribution in [0.5, 0.6) is 0 Å². The minimum Gasteiger partial charge on any atom is -0.468 e. The zero-order valence-corrected chi connectivity index (χ0v) is 15.2. The Morgan fingerprint density at radius 3 is 2.56 bits per heavy atom. The van der Waals surface area contributed by atoms with Gasteiger partial charge in [-0.1, -0.05) is 30.3 Å². The van der Waals surface area contributed by atoms with Gasteiger partial charge in [-0.2, -0.15) is 5.10 Å². The van der Waals surface area contributed by atoms with Crippen molar-refractivity contribution in [2.45, 2.75) is 25.3 Å². The van der Waals surface area contributed by atoms with Gasteiger partial charge in [0, 0.05) is 17.7 Å². The fraction of sp³-hybridized carbons (Fsp3) is 0.273. The van der Waals surface area contributed by atoms with Crippen molar-refractivity contribution in [1.29, 1.82) is 0 Å². The Balaban J connectivity index is 1.31. The van der Waals surface area contributed by atoms with Crippen LogP contribution < -0.4 is 0 Å². The van der Waals surface area contributed by atoms with Crippen LogP contribution >= 0.6 is 0 Å². The van der Waals surface area contributed by atoms with Gasteiger partial charge in [0.25, 0.3) is 0 Å². The molecule has 0 unspecified atom stereocenters. The molecule has 5 rings (SSSR count). The Bertz CT molecular complexity index is 1020. The maximum absolute atomic E-state index is 5.47. The first-order valence-corrected chi connectivity index (χ1v) is 9.52. The van der Waals surface area contributed by atoms with E-state index in [-0.39, 0.29) is 0 Å². The molecule has 0 N–H and O–H groups in total. The number of benzene rings is 1. The predicted molar refractivity (Wildman–Crippen MR) is 104 cm³/mol. The summed E-state index contributed by atoms with van der Waals surface area (Å²) in [6, 6.07) is 18.6. The second-order valence-electron chi connectivity index (χ2n) is 7.19. The third-order valence-corrected chi connectivity index (χ3v) is 5.37. The molecule has 1 fully saturated rings. The predicted octanol–water partition coefficient (Wildman–Crippen LogP) is 4.37. The molecular weight excluding hydrogens is 336 g/mol. The third kappa shape index (κ3) is 3.38. The molecule has 1 aromatic carbocycles. The summed E-state index contributed by atoms with van der Waals surface area (Å²) in [4.78, 5) is 7.23. The molecule has 0 atom stereocenters. The zero-order valence-electron chi connectivity index (χ0n) is 15.2. The highest BCUT2D eigenvalue weighted by molar-refractivity contribution is 5.64. The van der Waals surface area contributed by atoms with Gasteiger partial charge in [-0.15, -0.1) is 0 Å². The molecule has 0 radical (unpaired) electrons. The molecule has 0 saturated carbocycles. The Hall–Kier alpha value is -2.92. The standard InChI is InChI=1S/C22H22N4O/c1-2-5-17(6-3-1)19-8-9-21-23-22(24-26(21)15-19)18-10-12-25(13-11-18)16-20-7-4-14-27-20/h1-9,14-15,18H,10-13,16H2. The van der Waals surface area contributed by atoms with E-state index < -0.39 is 0 Å². The smallest absolute Gasteiger partial charge is 0.155 e. The van der Waals surface area contributed by atoms with Gasteiger partial charge in [0.15, 0.2) is 11.5 Å². The molecule has 136 valence electrons. The topological polar surface area (TPSA) is 46.6 Å². The Labute approximate surface area is 158 Å². The average Bonchev–Trinajstić information content (AvgIpc) is 3.38. The maximum atomic E-state index is 5.47. The summed E-state index contributed by atoms with van der Waals surface area (Å²) in [5.74, 6) is 2.43. The molecule has 0 amide bonds. The quantitative estimate of drug-likeness (QED) is 0.543. The van der Waals surface area contributed by atoms with E-state index >= 15 is 0 Å². The molecular formula is C22H22N4O. The highest BCUT2D eigenvalue weighted by Crippen LogP contribution is 2.27. The fourth-order valence-electron chi connectivity index (χ4n) is 3.85. The second kappa shape index (κ2) is 7.00. The van der Waals surface area contributed by atoms with Gasteiger partial charge in [0.2, 0.25) is 0 Å². The Morgan fingerprint density at radius 2 is 1.78 bits per heavy atom. The van der Waals surface area contributed by atoms with Gasteiger partial charge in [-0.05, 0) is 55.8 Å². The lowest BCUT2D eigenvalue weighted by atomic mass is 9.96. The van der Waals surface area contributed by atoms with Crippen LogP contribution in [0.4, 0.5) is 0 Å². The van der Waals surface area contributed by atoms with Crippen molar-refractivity contribution in [1.82, 2.24) is 19.5 Å². The van der Waals surface area contributed by atoms with Crippen LogP contribution in [0.25, 0.3) is 16.8 Å². The first-order chi connectivity index (χ1) is 13.3. The van der Waals surface area contributed by atoms with E-state index in [1.54, 1.807) is 6.26 Å². The normalized spacial score (nSPS) is 16.1. The first-order valence-electron chi connectivity index (χ1n) is 9.52. The van der Waals surface area contributed by atoms with Crippen LogP contribution in [0.3, 0.4) is 0 Å². The van der Waals surface area contributed by atoms with Crippen molar-refractivity contribution in [3.05, 3.63) is 78.6 Å². The zero-order chi connectivity index (χ0) is 18.1. The molecule has 1 saturated heterocycles. The lowest BCUT2D eigenvalue weighted by Crippen LogP contribution is -2.32. The Morgan fingerprint density at radius 1 is 0.926 bits per heavy atom. The fourth-order valence-corrected chi connectivity index (χ4v) is 3.85.